The van der Waals surface area contributed by atoms with E-state index in [4.69, 9.17) is 22.1 Å². The summed E-state index contributed by atoms with van der Waals surface area (Å²) >= 11 is 6.27. The molecule has 158 valence electrons. The smallest absolute Gasteiger partial charge is 0.416 e. The van der Waals surface area contributed by atoms with Crippen LogP contribution in [0, 0.1) is 5.41 Å². The van der Waals surface area contributed by atoms with Gasteiger partial charge in [0, 0.05) is 17.3 Å². The van der Waals surface area contributed by atoms with Crippen molar-refractivity contribution in [1.29, 1.82) is 0 Å². The van der Waals surface area contributed by atoms with Crippen LogP contribution in [0.4, 0.5) is 19.1 Å². The van der Waals surface area contributed by atoms with Crippen molar-refractivity contribution in [1.82, 2.24) is 9.97 Å². The Hall–Kier alpha value is -2.80. The maximum Gasteiger partial charge on any atom is 0.416 e. The van der Waals surface area contributed by atoms with Crippen molar-refractivity contribution in [2.45, 2.75) is 26.9 Å². The van der Waals surface area contributed by atoms with Gasteiger partial charge in [-0.2, -0.15) is 13.2 Å². The minimum atomic E-state index is -4.42. The van der Waals surface area contributed by atoms with Crippen molar-refractivity contribution >= 4 is 17.5 Å². The van der Waals surface area contributed by atoms with Crippen LogP contribution in [0.15, 0.2) is 48.7 Å². The van der Waals surface area contributed by atoms with Crippen molar-refractivity contribution in [3.05, 3.63) is 59.2 Å². The zero-order valence-corrected chi connectivity index (χ0v) is 17.5. The molecule has 2 N–H and O–H groups in total. The lowest BCUT2D eigenvalue weighted by molar-refractivity contribution is -0.137. The summed E-state index contributed by atoms with van der Waals surface area (Å²) in [7, 11) is 0. The number of nitrogen functional groups attached to an aromatic ring is 1. The van der Waals surface area contributed by atoms with E-state index in [0.717, 1.165) is 12.1 Å². The zero-order valence-electron chi connectivity index (χ0n) is 16.7. The molecule has 3 rings (SSSR count). The molecule has 0 unspecified atom stereocenters. The summed E-state index contributed by atoms with van der Waals surface area (Å²) in [6.07, 6.45) is -2.88. The molecule has 4 nitrogen and oxygen atoms in total. The molecule has 0 spiro atoms. The van der Waals surface area contributed by atoms with Gasteiger partial charge in [-0.25, -0.2) is 9.97 Å². The van der Waals surface area contributed by atoms with E-state index in [1.54, 1.807) is 18.2 Å². The van der Waals surface area contributed by atoms with Crippen LogP contribution in [0.5, 0.6) is 5.75 Å². The lowest BCUT2D eigenvalue weighted by atomic mass is 9.98. The van der Waals surface area contributed by atoms with Gasteiger partial charge in [0.15, 0.2) is 0 Å². The molecule has 0 fully saturated rings. The summed E-state index contributed by atoms with van der Waals surface area (Å²) in [6, 6.07) is 9.98. The van der Waals surface area contributed by atoms with Crippen molar-refractivity contribution < 1.29 is 17.9 Å². The Balaban J connectivity index is 2.04. The van der Waals surface area contributed by atoms with E-state index in [9.17, 15) is 13.2 Å². The number of nitrogens with zero attached hydrogens (tertiary/aromatic N) is 2. The van der Waals surface area contributed by atoms with Crippen molar-refractivity contribution in [2.75, 3.05) is 12.3 Å². The van der Waals surface area contributed by atoms with Crippen molar-refractivity contribution in [3.8, 4) is 28.1 Å². The first-order chi connectivity index (χ1) is 13.9. The quantitative estimate of drug-likeness (QED) is 0.508. The molecule has 2 aromatic carbocycles. The fourth-order valence-corrected chi connectivity index (χ4v) is 2.89. The number of nitrogens with two attached hydrogens (primary N) is 1. The van der Waals surface area contributed by atoms with Gasteiger partial charge < -0.3 is 10.5 Å². The molecular weight excluding hydrogens is 415 g/mol. The number of alkyl halides is 3. The average molecular weight is 436 g/mol. The first kappa shape index (κ1) is 21.9. The molecule has 3 aromatic rings. The Kier molecular flexibility index (Phi) is 5.94. The minimum absolute atomic E-state index is 0.0202. The Morgan fingerprint density at radius 2 is 1.63 bits per heavy atom. The third-order valence-corrected chi connectivity index (χ3v) is 4.51. The second kappa shape index (κ2) is 8.14. The highest BCUT2D eigenvalue weighted by Crippen LogP contribution is 2.37. The molecule has 0 radical (unpaired) electrons. The molecule has 8 heteroatoms. The van der Waals surface area contributed by atoms with E-state index < -0.39 is 11.7 Å². The summed E-state index contributed by atoms with van der Waals surface area (Å²) in [5.74, 6) is 0.520. The van der Waals surface area contributed by atoms with E-state index in [1.165, 1.54) is 18.3 Å². The van der Waals surface area contributed by atoms with E-state index in [-0.39, 0.29) is 11.4 Å². The highest BCUT2D eigenvalue weighted by Gasteiger charge is 2.30. The highest BCUT2D eigenvalue weighted by atomic mass is 35.5. The van der Waals surface area contributed by atoms with Gasteiger partial charge in [-0.1, -0.05) is 50.6 Å². The van der Waals surface area contributed by atoms with E-state index in [1.807, 2.05) is 20.8 Å². The standard InChI is InChI=1S/C22H21ClF3N3O/c1-21(2,3)12-30-18-10-14(6-9-17(18)23)16-11-28-20(27)29-19(16)13-4-7-15(8-5-13)22(24,25)26/h4-11H,12H2,1-3H3,(H2,27,28,29). The number of ether oxygens (including phenoxy) is 1. The second-order valence-electron chi connectivity index (χ2n) is 8.06. The van der Waals surface area contributed by atoms with Crippen LogP contribution in [0.25, 0.3) is 22.4 Å². The van der Waals surface area contributed by atoms with Crippen LogP contribution in [-0.2, 0) is 6.18 Å². The number of hydrogen-bond donors (Lipinski definition) is 1. The third kappa shape index (κ3) is 5.21. The van der Waals surface area contributed by atoms with Gasteiger partial charge in [0.25, 0.3) is 0 Å². The molecule has 0 amide bonds. The van der Waals surface area contributed by atoms with Gasteiger partial charge in [-0.3, -0.25) is 0 Å². The van der Waals surface area contributed by atoms with Crippen LogP contribution >= 0.6 is 11.6 Å². The molecule has 30 heavy (non-hydrogen) atoms. The molecule has 0 saturated heterocycles. The molecule has 1 aromatic heterocycles. The summed E-state index contributed by atoms with van der Waals surface area (Å²) < 4.78 is 44.6. The van der Waals surface area contributed by atoms with E-state index in [0.29, 0.717) is 39.8 Å². The fourth-order valence-electron chi connectivity index (χ4n) is 2.72. The molecule has 0 aliphatic carbocycles. The second-order valence-corrected chi connectivity index (χ2v) is 8.47. The first-order valence-electron chi connectivity index (χ1n) is 9.17. The van der Waals surface area contributed by atoms with Gasteiger partial charge in [0.1, 0.15) is 5.75 Å². The van der Waals surface area contributed by atoms with E-state index >= 15 is 0 Å². The maximum absolute atomic E-state index is 12.9. The largest absolute Gasteiger partial charge is 0.491 e. The summed E-state index contributed by atoms with van der Waals surface area (Å²) in [5.41, 5.74) is 7.15. The predicted octanol–water partition coefficient (Wildman–Crippen LogP) is 6.49. The monoisotopic (exact) mass is 435 g/mol. The maximum atomic E-state index is 12.9. The molecule has 0 bridgehead atoms. The van der Waals surface area contributed by atoms with Gasteiger partial charge in [0.05, 0.1) is 22.9 Å². The van der Waals surface area contributed by atoms with Crippen LogP contribution in [0.2, 0.25) is 5.02 Å². The minimum Gasteiger partial charge on any atom is -0.491 e. The number of halogens is 4. The highest BCUT2D eigenvalue weighted by molar-refractivity contribution is 6.32. The SMILES string of the molecule is CC(C)(C)COc1cc(-c2cnc(N)nc2-c2ccc(C(F)(F)F)cc2)ccc1Cl. The number of rotatable bonds is 4. The molecule has 0 saturated carbocycles. The van der Waals surface area contributed by atoms with Crippen molar-refractivity contribution in [3.63, 3.8) is 0 Å². The Bertz CT molecular complexity index is 1040. The number of aromatic nitrogens is 2. The Morgan fingerprint density at radius 1 is 1.00 bits per heavy atom. The normalized spacial score (nSPS) is 12.1. The van der Waals surface area contributed by atoms with Gasteiger partial charge in [-0.05, 0) is 35.2 Å². The molecule has 0 aliphatic rings. The zero-order chi connectivity index (χ0) is 22.1. The van der Waals surface area contributed by atoms with Crippen molar-refractivity contribution in [2.24, 2.45) is 5.41 Å². The first-order valence-corrected chi connectivity index (χ1v) is 9.55. The number of anilines is 1. The van der Waals surface area contributed by atoms with Crippen LogP contribution in [0.3, 0.4) is 0 Å². The number of benzene rings is 2. The molecule has 0 atom stereocenters. The Morgan fingerprint density at radius 3 is 2.23 bits per heavy atom. The summed E-state index contributed by atoms with van der Waals surface area (Å²) in [5, 5.41) is 0.454. The van der Waals surface area contributed by atoms with Gasteiger partial charge in [0.2, 0.25) is 5.95 Å². The lowest BCUT2D eigenvalue weighted by Gasteiger charge is -2.20. The van der Waals surface area contributed by atoms with Crippen LogP contribution in [-0.4, -0.2) is 16.6 Å². The number of hydrogen-bond acceptors (Lipinski definition) is 4. The van der Waals surface area contributed by atoms with Crippen LogP contribution in [0.1, 0.15) is 26.3 Å². The molecule has 0 aliphatic heterocycles. The topological polar surface area (TPSA) is 61.0 Å². The fraction of sp³-hybridized carbons (Fsp3) is 0.273. The van der Waals surface area contributed by atoms with Gasteiger partial charge >= 0.3 is 6.18 Å². The van der Waals surface area contributed by atoms with Gasteiger partial charge in [-0.15, -0.1) is 0 Å². The predicted molar refractivity (Wildman–Crippen MR) is 112 cm³/mol. The molecule has 1 heterocycles. The van der Waals surface area contributed by atoms with E-state index in [2.05, 4.69) is 9.97 Å². The summed E-state index contributed by atoms with van der Waals surface area (Å²) in [4.78, 5) is 8.31. The third-order valence-electron chi connectivity index (χ3n) is 4.20. The van der Waals surface area contributed by atoms with Crippen LogP contribution < -0.4 is 10.5 Å². The Labute approximate surface area is 177 Å². The summed E-state index contributed by atoms with van der Waals surface area (Å²) in [6.45, 7) is 6.59. The average Bonchev–Trinajstić information content (AvgIpc) is 2.66. The molecular formula is C22H21ClF3N3O. The lowest BCUT2D eigenvalue weighted by Crippen LogP contribution is -2.17.